The van der Waals surface area contributed by atoms with Crippen LogP contribution in [0.2, 0.25) is 0 Å². The molecule has 0 spiro atoms. The minimum atomic E-state index is -0.657. The molecule has 7 nitrogen and oxygen atoms in total. The van der Waals surface area contributed by atoms with Gasteiger partial charge in [-0.15, -0.1) is 12.4 Å². The fourth-order valence-electron chi connectivity index (χ4n) is 3.24. The van der Waals surface area contributed by atoms with Gasteiger partial charge in [0.05, 0.1) is 0 Å². The van der Waals surface area contributed by atoms with Crippen LogP contribution in [-0.2, 0) is 7.05 Å². The van der Waals surface area contributed by atoms with Gasteiger partial charge in [0.15, 0.2) is 0 Å². The summed E-state index contributed by atoms with van der Waals surface area (Å²) >= 11 is 0. The first-order chi connectivity index (χ1) is 11.5. The number of aryl methyl sites for hydroxylation is 1. The lowest BCUT2D eigenvalue weighted by Gasteiger charge is -2.16. The number of nitrogens with zero attached hydrogens (tertiary/aromatic N) is 2. The molecule has 134 valence electrons. The molecule has 0 unspecified atom stereocenters. The molecule has 0 radical (unpaired) electrons. The summed E-state index contributed by atoms with van der Waals surface area (Å²) in [5.74, 6) is -0.0848. The summed E-state index contributed by atoms with van der Waals surface area (Å²) in [5.41, 5.74) is 5.80. The molecule has 0 bridgehead atoms. The first kappa shape index (κ1) is 19.0. The molecule has 2 atom stereocenters. The number of aromatic nitrogens is 2. The Labute approximate surface area is 150 Å². The lowest BCUT2D eigenvalue weighted by Crippen LogP contribution is -2.38. The summed E-state index contributed by atoms with van der Waals surface area (Å²) in [5, 5.41) is 0. The maximum Gasteiger partial charge on any atom is 0.328 e. The van der Waals surface area contributed by atoms with Crippen molar-refractivity contribution in [3.8, 4) is 0 Å². The molecule has 1 amide bonds. The van der Waals surface area contributed by atoms with E-state index < -0.39 is 11.2 Å². The number of likely N-dealkylation sites (tertiary alicyclic amines) is 1. The summed E-state index contributed by atoms with van der Waals surface area (Å²) in [6, 6.07) is 9.93. The second-order valence-corrected chi connectivity index (χ2v) is 6.14. The zero-order valence-corrected chi connectivity index (χ0v) is 14.7. The van der Waals surface area contributed by atoms with Gasteiger partial charge in [0.2, 0.25) is 0 Å². The molecule has 3 rings (SSSR count). The van der Waals surface area contributed by atoms with E-state index in [1.54, 1.807) is 4.90 Å². The Bertz CT molecular complexity index is 862. The van der Waals surface area contributed by atoms with E-state index in [-0.39, 0.29) is 35.7 Å². The van der Waals surface area contributed by atoms with Crippen LogP contribution in [0, 0.1) is 5.92 Å². The number of hydrogen-bond acceptors (Lipinski definition) is 4. The highest BCUT2D eigenvalue weighted by molar-refractivity contribution is 5.93. The molecule has 1 fully saturated rings. The molecule has 0 saturated carbocycles. The van der Waals surface area contributed by atoms with Crippen molar-refractivity contribution in [2.24, 2.45) is 18.7 Å². The third-order valence-electron chi connectivity index (χ3n) is 4.60. The van der Waals surface area contributed by atoms with Gasteiger partial charge in [0.1, 0.15) is 5.56 Å². The quantitative estimate of drug-likeness (QED) is 0.818. The molecule has 3 N–H and O–H groups in total. The van der Waals surface area contributed by atoms with Gasteiger partial charge in [-0.1, -0.05) is 30.3 Å². The average Bonchev–Trinajstić information content (AvgIpc) is 3.02. The molecular formula is C17H21ClN4O3. The van der Waals surface area contributed by atoms with E-state index in [1.165, 1.54) is 17.8 Å². The van der Waals surface area contributed by atoms with Crippen molar-refractivity contribution in [3.63, 3.8) is 0 Å². The van der Waals surface area contributed by atoms with E-state index in [1.807, 2.05) is 30.3 Å². The number of nitrogens with one attached hydrogen (secondary N) is 1. The predicted molar refractivity (Wildman–Crippen MR) is 97.2 cm³/mol. The van der Waals surface area contributed by atoms with Crippen LogP contribution in [0.15, 0.2) is 46.1 Å². The standard InChI is InChI=1S/C17H20N4O3.ClH/c1-20-9-14(15(22)19-17(20)24)16(23)21-8-12(7-18)13(10-21)11-5-3-2-4-6-11;/h2-6,9,12-13H,7-8,10,18H2,1H3,(H,19,22,24);1H/t12-,13+;/m1./s1. The molecule has 1 aliphatic rings. The van der Waals surface area contributed by atoms with E-state index in [0.717, 1.165) is 5.56 Å². The minimum absolute atomic E-state index is 0. The third kappa shape index (κ3) is 3.67. The van der Waals surface area contributed by atoms with E-state index in [2.05, 4.69) is 4.98 Å². The highest BCUT2D eigenvalue weighted by Gasteiger charge is 2.36. The summed E-state index contributed by atoms with van der Waals surface area (Å²) < 4.78 is 1.19. The van der Waals surface area contributed by atoms with Gasteiger partial charge in [-0.05, 0) is 18.0 Å². The minimum Gasteiger partial charge on any atom is -0.337 e. The van der Waals surface area contributed by atoms with E-state index in [9.17, 15) is 14.4 Å². The number of amides is 1. The van der Waals surface area contributed by atoms with Crippen molar-refractivity contribution in [2.75, 3.05) is 19.6 Å². The van der Waals surface area contributed by atoms with Crippen molar-refractivity contribution >= 4 is 18.3 Å². The van der Waals surface area contributed by atoms with Crippen LogP contribution < -0.4 is 17.0 Å². The van der Waals surface area contributed by atoms with Crippen LogP contribution in [0.5, 0.6) is 0 Å². The van der Waals surface area contributed by atoms with Crippen molar-refractivity contribution < 1.29 is 4.79 Å². The van der Waals surface area contributed by atoms with Crippen molar-refractivity contribution in [1.29, 1.82) is 0 Å². The number of aromatic amines is 1. The lowest BCUT2D eigenvalue weighted by atomic mass is 9.89. The number of carbonyl (C=O) groups excluding carboxylic acids is 1. The molecule has 0 aliphatic carbocycles. The zero-order valence-electron chi connectivity index (χ0n) is 13.8. The fourth-order valence-corrected chi connectivity index (χ4v) is 3.24. The van der Waals surface area contributed by atoms with Gasteiger partial charge in [-0.3, -0.25) is 14.6 Å². The van der Waals surface area contributed by atoms with Gasteiger partial charge in [0, 0.05) is 32.3 Å². The first-order valence-electron chi connectivity index (χ1n) is 7.85. The number of carbonyl (C=O) groups is 1. The monoisotopic (exact) mass is 364 g/mol. The molecule has 2 heterocycles. The number of nitrogens with two attached hydrogens (primary N) is 1. The summed E-state index contributed by atoms with van der Waals surface area (Å²) in [4.78, 5) is 39.9. The van der Waals surface area contributed by atoms with Crippen molar-refractivity contribution in [3.05, 3.63) is 68.5 Å². The van der Waals surface area contributed by atoms with Crippen molar-refractivity contribution in [1.82, 2.24) is 14.5 Å². The molecule has 25 heavy (non-hydrogen) atoms. The summed E-state index contributed by atoms with van der Waals surface area (Å²) in [6.45, 7) is 1.47. The number of rotatable bonds is 3. The fraction of sp³-hybridized carbons (Fsp3) is 0.353. The van der Waals surface area contributed by atoms with Crippen LogP contribution in [0.1, 0.15) is 21.8 Å². The molecule has 1 aromatic carbocycles. The van der Waals surface area contributed by atoms with Gasteiger partial charge in [-0.25, -0.2) is 4.79 Å². The molecular weight excluding hydrogens is 344 g/mol. The van der Waals surface area contributed by atoms with Crippen LogP contribution in [-0.4, -0.2) is 40.0 Å². The molecule has 1 aliphatic heterocycles. The Kier molecular flexibility index (Phi) is 5.81. The van der Waals surface area contributed by atoms with Crippen molar-refractivity contribution in [2.45, 2.75) is 5.92 Å². The number of hydrogen-bond donors (Lipinski definition) is 2. The number of benzene rings is 1. The highest BCUT2D eigenvalue weighted by Crippen LogP contribution is 2.32. The molecule has 1 aromatic heterocycles. The Morgan fingerprint density at radius 2 is 1.92 bits per heavy atom. The van der Waals surface area contributed by atoms with Crippen LogP contribution in [0.4, 0.5) is 0 Å². The second-order valence-electron chi connectivity index (χ2n) is 6.14. The third-order valence-corrected chi connectivity index (χ3v) is 4.60. The highest BCUT2D eigenvalue weighted by atomic mass is 35.5. The van der Waals surface area contributed by atoms with Gasteiger partial charge in [0.25, 0.3) is 11.5 Å². The lowest BCUT2D eigenvalue weighted by molar-refractivity contribution is 0.0783. The number of H-pyrrole nitrogens is 1. The second kappa shape index (κ2) is 7.67. The smallest absolute Gasteiger partial charge is 0.328 e. The zero-order chi connectivity index (χ0) is 17.3. The SMILES string of the molecule is Cl.Cn1cc(C(=O)N2C[C@@H](CN)[C@H](c3ccccc3)C2)c(=O)[nH]c1=O. The van der Waals surface area contributed by atoms with Crippen LogP contribution >= 0.6 is 12.4 Å². The van der Waals surface area contributed by atoms with E-state index in [0.29, 0.717) is 19.6 Å². The topological polar surface area (TPSA) is 101 Å². The Morgan fingerprint density at radius 1 is 1.24 bits per heavy atom. The molecule has 8 heteroatoms. The first-order valence-corrected chi connectivity index (χ1v) is 7.85. The Morgan fingerprint density at radius 3 is 2.56 bits per heavy atom. The van der Waals surface area contributed by atoms with Gasteiger partial charge in [-0.2, -0.15) is 0 Å². The van der Waals surface area contributed by atoms with Crippen LogP contribution in [0.3, 0.4) is 0 Å². The summed E-state index contributed by atoms with van der Waals surface area (Å²) in [7, 11) is 1.49. The van der Waals surface area contributed by atoms with Gasteiger partial charge < -0.3 is 15.2 Å². The maximum atomic E-state index is 12.7. The largest absolute Gasteiger partial charge is 0.337 e. The van der Waals surface area contributed by atoms with Crippen LogP contribution in [0.25, 0.3) is 0 Å². The summed E-state index contributed by atoms with van der Waals surface area (Å²) in [6.07, 6.45) is 1.29. The predicted octanol–water partition coefficient (Wildman–Crippen LogP) is 0.310. The molecule has 1 saturated heterocycles. The molecule has 2 aromatic rings. The maximum absolute atomic E-state index is 12.7. The Hall–Kier alpha value is -2.38. The average molecular weight is 365 g/mol. The Balaban J connectivity index is 0.00000225. The van der Waals surface area contributed by atoms with Gasteiger partial charge >= 0.3 is 5.69 Å². The normalized spacial score (nSPS) is 19.5. The number of halogens is 1. The van der Waals surface area contributed by atoms with E-state index >= 15 is 0 Å². The van der Waals surface area contributed by atoms with E-state index in [4.69, 9.17) is 5.73 Å².